The predicted octanol–water partition coefficient (Wildman–Crippen LogP) is 19.8. The van der Waals surface area contributed by atoms with Crippen molar-refractivity contribution < 1.29 is 89.4 Å². The van der Waals surface area contributed by atoms with Crippen LogP contribution in [0.1, 0.15) is 393 Å². The van der Waals surface area contributed by atoms with Gasteiger partial charge in [0.05, 0.1) is 38.6 Å². The van der Waals surface area contributed by atoms with Gasteiger partial charge in [0.25, 0.3) is 0 Å². The van der Waals surface area contributed by atoms with Crippen LogP contribution in [-0.2, 0) is 33.2 Å². The summed E-state index contributed by atoms with van der Waals surface area (Å²) in [5, 5.41) is 121. The van der Waals surface area contributed by atoms with E-state index in [1.165, 1.54) is 276 Å². The summed E-state index contributed by atoms with van der Waals surface area (Å²) in [6.45, 7) is 1.68. The summed E-state index contributed by atoms with van der Waals surface area (Å²) in [5.41, 5.74) is 0. The van der Waals surface area contributed by atoms with E-state index in [4.69, 9.17) is 28.4 Å². The molecule has 19 nitrogen and oxygen atoms in total. The summed E-state index contributed by atoms with van der Waals surface area (Å²) in [7, 11) is 0. The number of ether oxygens (including phenoxy) is 6. The molecule has 118 heavy (non-hydrogen) atoms. The van der Waals surface area contributed by atoms with Crippen LogP contribution in [0.15, 0.2) is 97.2 Å². The van der Waals surface area contributed by atoms with Crippen molar-refractivity contribution in [2.45, 2.75) is 497 Å². The summed E-state index contributed by atoms with van der Waals surface area (Å²) in [4.78, 5) is 13.6. The Morgan fingerprint density at radius 2 is 0.585 bits per heavy atom. The van der Waals surface area contributed by atoms with Crippen molar-refractivity contribution in [1.82, 2.24) is 5.32 Å². The number of aliphatic hydroxyl groups excluding tert-OH is 11. The van der Waals surface area contributed by atoms with Crippen LogP contribution in [0.4, 0.5) is 0 Å². The monoisotopic (exact) mass is 1670 g/mol. The van der Waals surface area contributed by atoms with Crippen molar-refractivity contribution in [3.05, 3.63) is 97.2 Å². The zero-order chi connectivity index (χ0) is 85.2. The molecular weight excluding hydrogens is 1490 g/mol. The highest BCUT2D eigenvalue weighted by molar-refractivity contribution is 5.76. The molecule has 17 atom stereocenters. The van der Waals surface area contributed by atoms with Gasteiger partial charge in [0.1, 0.15) is 73.2 Å². The number of hydrogen-bond acceptors (Lipinski definition) is 18. The molecule has 3 saturated heterocycles. The first-order valence-corrected chi connectivity index (χ1v) is 48.5. The fourth-order valence-electron chi connectivity index (χ4n) is 16.0. The Morgan fingerprint density at radius 1 is 0.314 bits per heavy atom. The standard InChI is InChI=1S/C99H177NO18/c1-3-5-7-9-11-13-15-17-19-21-23-25-27-29-31-33-35-37-38-39-40-41-42-43-44-45-47-49-51-53-55-57-59-61-63-65-67-69-71-73-75-77-87(105)100-82(83(104)76-74-72-70-68-66-64-62-60-58-56-54-52-50-48-46-36-34-32-30-28-26-24-22-20-18-16-14-12-10-8-6-4-2)81-113-97-93(111)90(108)95(85(79-102)115-97)118-99-94(112)91(109)96(86(80-103)116-99)117-98-92(110)89(107)88(106)84(78-101)114-98/h5,7,11,13,17,19,23,25,29,31,35,37,39-40,74,76,82-86,88-99,101-104,106-112H,3-4,6,8-10,12,14-16,18,20-22,24,26-28,30,32-34,36,38,41-73,75,77-81H2,1-2H3,(H,100,105)/b7-5-,13-11-,19-17-,25-23-,31-29-,37-35-,40-39-,76-74+. The van der Waals surface area contributed by atoms with Gasteiger partial charge < -0.3 is 89.9 Å². The summed E-state index contributed by atoms with van der Waals surface area (Å²) < 4.78 is 34.6. The second kappa shape index (κ2) is 77.3. The Labute approximate surface area is 717 Å². The number of carbonyl (C=O) groups is 1. The first-order chi connectivity index (χ1) is 57.8. The molecule has 19 heteroatoms. The lowest BCUT2D eigenvalue weighted by Crippen LogP contribution is -2.66. The first kappa shape index (κ1) is 109. The zero-order valence-electron chi connectivity index (χ0n) is 74.4. The number of unbranched alkanes of at least 4 members (excludes halogenated alkanes) is 49. The van der Waals surface area contributed by atoms with Crippen LogP contribution in [0.25, 0.3) is 0 Å². The van der Waals surface area contributed by atoms with Crippen molar-refractivity contribution in [3.63, 3.8) is 0 Å². The first-order valence-electron chi connectivity index (χ1n) is 48.5. The maximum absolute atomic E-state index is 13.6. The summed E-state index contributed by atoms with van der Waals surface area (Å²) in [5.74, 6) is -0.270. The molecule has 0 aliphatic carbocycles. The van der Waals surface area contributed by atoms with Crippen LogP contribution in [0.2, 0.25) is 0 Å². The third-order valence-electron chi connectivity index (χ3n) is 23.6. The molecule has 0 bridgehead atoms. The molecule has 686 valence electrons. The number of allylic oxidation sites excluding steroid dienone is 15. The predicted molar refractivity (Wildman–Crippen MR) is 480 cm³/mol. The molecule has 3 rings (SSSR count). The fraction of sp³-hybridized carbons (Fsp3) is 0.828. The molecule has 1 amide bonds. The smallest absolute Gasteiger partial charge is 0.220 e. The molecule has 0 saturated carbocycles. The fourth-order valence-corrected chi connectivity index (χ4v) is 16.0. The quantitative estimate of drug-likeness (QED) is 0.0199. The van der Waals surface area contributed by atoms with E-state index in [0.29, 0.717) is 6.42 Å². The second-order valence-corrected chi connectivity index (χ2v) is 34.2. The molecule has 3 fully saturated rings. The number of carbonyl (C=O) groups excluding carboxylic acids is 1. The minimum Gasteiger partial charge on any atom is -0.394 e. The number of rotatable bonds is 79. The largest absolute Gasteiger partial charge is 0.394 e. The average Bonchev–Trinajstić information content (AvgIpc) is 0.777. The number of aliphatic hydroxyl groups is 11. The lowest BCUT2D eigenvalue weighted by molar-refractivity contribution is -0.379. The number of amides is 1. The van der Waals surface area contributed by atoms with Gasteiger partial charge in [-0.2, -0.15) is 0 Å². The normalized spacial score (nSPS) is 24.7. The van der Waals surface area contributed by atoms with Crippen molar-refractivity contribution in [3.8, 4) is 0 Å². The minimum atomic E-state index is -1.98. The van der Waals surface area contributed by atoms with Crippen LogP contribution < -0.4 is 5.32 Å². The van der Waals surface area contributed by atoms with Gasteiger partial charge in [0.15, 0.2) is 18.9 Å². The SMILES string of the molecule is CC/C=C\C/C=C\C/C=C\C/C=C\C/C=C\C/C=C\C/C=C\CCCCCCCCCCCCCCCCCCCCCC(=O)NC(COC1OC(CO)C(OC2OC(CO)C(OC3OC(CO)C(O)C(O)C3O)C(O)C2O)C(O)C1O)C(O)/C=C/CCCCCCCCCCCCCCCCCCCCCCCCCCCCCCCC. The summed E-state index contributed by atoms with van der Waals surface area (Å²) in [6.07, 6.45) is 81.4. The molecule has 12 N–H and O–H groups in total. The van der Waals surface area contributed by atoms with Crippen molar-refractivity contribution in [2.75, 3.05) is 26.4 Å². The zero-order valence-corrected chi connectivity index (χ0v) is 74.4. The van der Waals surface area contributed by atoms with Gasteiger partial charge in [-0.1, -0.05) is 406 Å². The Kier molecular flexibility index (Phi) is 71.3. The van der Waals surface area contributed by atoms with Gasteiger partial charge in [-0.05, 0) is 77.0 Å². The van der Waals surface area contributed by atoms with E-state index >= 15 is 0 Å². The maximum Gasteiger partial charge on any atom is 0.220 e. The van der Waals surface area contributed by atoms with E-state index in [9.17, 15) is 61.0 Å². The lowest BCUT2D eigenvalue weighted by atomic mass is 9.96. The third kappa shape index (κ3) is 54.5. The Balaban J connectivity index is 1.29. The number of hydrogen-bond donors (Lipinski definition) is 12. The summed E-state index contributed by atoms with van der Waals surface area (Å²) in [6, 6.07) is -0.979. The lowest BCUT2D eigenvalue weighted by Gasteiger charge is -2.48. The molecular formula is C99H177NO18. The average molecular weight is 1670 g/mol. The second-order valence-electron chi connectivity index (χ2n) is 34.2. The molecule has 3 heterocycles. The highest BCUT2D eigenvalue weighted by atomic mass is 16.8. The molecule has 0 radical (unpaired) electrons. The van der Waals surface area contributed by atoms with E-state index < -0.39 is 124 Å². The van der Waals surface area contributed by atoms with Crippen LogP contribution in [0.5, 0.6) is 0 Å². The molecule has 17 unspecified atom stereocenters. The van der Waals surface area contributed by atoms with Gasteiger partial charge in [0.2, 0.25) is 5.91 Å². The topological polar surface area (TPSA) is 307 Å². The molecule has 0 aromatic carbocycles. The van der Waals surface area contributed by atoms with Crippen molar-refractivity contribution in [2.24, 2.45) is 0 Å². The van der Waals surface area contributed by atoms with Crippen LogP contribution in [0.3, 0.4) is 0 Å². The maximum atomic E-state index is 13.6. The van der Waals surface area contributed by atoms with E-state index in [1.807, 2.05) is 6.08 Å². The highest BCUT2D eigenvalue weighted by Crippen LogP contribution is 2.34. The number of nitrogens with one attached hydrogen (secondary N) is 1. The van der Waals surface area contributed by atoms with Crippen LogP contribution in [0, 0.1) is 0 Å². The van der Waals surface area contributed by atoms with E-state index in [1.54, 1.807) is 6.08 Å². The Morgan fingerprint density at radius 3 is 0.915 bits per heavy atom. The molecule has 0 aromatic rings. The van der Waals surface area contributed by atoms with Crippen LogP contribution in [-0.4, -0.2) is 193 Å². The Bertz CT molecular complexity index is 2500. The molecule has 0 spiro atoms. The van der Waals surface area contributed by atoms with Gasteiger partial charge >= 0.3 is 0 Å². The van der Waals surface area contributed by atoms with E-state index in [-0.39, 0.29) is 18.9 Å². The van der Waals surface area contributed by atoms with E-state index in [2.05, 4.69) is 104 Å². The minimum absolute atomic E-state index is 0.243. The van der Waals surface area contributed by atoms with Gasteiger partial charge in [-0.15, -0.1) is 0 Å². The van der Waals surface area contributed by atoms with Gasteiger partial charge in [-0.25, -0.2) is 0 Å². The molecule has 3 aliphatic rings. The van der Waals surface area contributed by atoms with Gasteiger partial charge in [-0.3, -0.25) is 4.79 Å². The van der Waals surface area contributed by atoms with Crippen molar-refractivity contribution >= 4 is 5.91 Å². The Hall–Kier alpha value is -3.29. The van der Waals surface area contributed by atoms with Crippen LogP contribution >= 0.6 is 0 Å². The molecule has 3 aliphatic heterocycles. The highest BCUT2D eigenvalue weighted by Gasteiger charge is 2.54. The third-order valence-corrected chi connectivity index (χ3v) is 23.6. The summed E-state index contributed by atoms with van der Waals surface area (Å²) >= 11 is 0. The van der Waals surface area contributed by atoms with Crippen molar-refractivity contribution in [1.29, 1.82) is 0 Å². The molecule has 0 aromatic heterocycles. The van der Waals surface area contributed by atoms with Gasteiger partial charge in [0, 0.05) is 6.42 Å². The van der Waals surface area contributed by atoms with E-state index in [0.717, 1.165) is 89.9 Å².